The van der Waals surface area contributed by atoms with Crippen molar-refractivity contribution in [3.8, 4) is 0 Å². The topological polar surface area (TPSA) is 93.4 Å². The molecule has 3 rings (SSSR count). The van der Waals surface area contributed by atoms with E-state index < -0.39 is 4.92 Å². The summed E-state index contributed by atoms with van der Waals surface area (Å²) in [5.74, 6) is 0.800. The summed E-state index contributed by atoms with van der Waals surface area (Å²) in [7, 11) is 1.70. The zero-order chi connectivity index (χ0) is 14.8. The Morgan fingerprint density at radius 3 is 3.05 bits per heavy atom. The molecule has 1 aliphatic carbocycles. The molecular weight excluding hydrogens is 274 g/mol. The lowest BCUT2D eigenvalue weighted by atomic mass is 9.90. The molecule has 1 aliphatic heterocycles. The van der Waals surface area contributed by atoms with E-state index in [2.05, 4.69) is 15.3 Å². The second-order valence-electron chi connectivity index (χ2n) is 5.36. The van der Waals surface area contributed by atoms with Crippen LogP contribution in [-0.4, -0.2) is 47.2 Å². The standard InChI is InChI=1S/C13H19N5O3/c1-14-13-15-8-10(18(19)20)12(16-13)17-6-7-21-11-5-3-2-4-9(11)17/h8-9,11H,2-7H2,1H3,(H,14,15,16). The van der Waals surface area contributed by atoms with Gasteiger partial charge in [0, 0.05) is 13.6 Å². The largest absolute Gasteiger partial charge is 0.374 e. The summed E-state index contributed by atoms with van der Waals surface area (Å²) in [5.41, 5.74) is -0.0415. The Labute approximate surface area is 122 Å². The van der Waals surface area contributed by atoms with Gasteiger partial charge in [-0.15, -0.1) is 0 Å². The predicted molar refractivity (Wildman–Crippen MR) is 77.6 cm³/mol. The van der Waals surface area contributed by atoms with Gasteiger partial charge in [0.25, 0.3) is 0 Å². The predicted octanol–water partition coefficient (Wildman–Crippen LogP) is 1.57. The van der Waals surface area contributed by atoms with Gasteiger partial charge in [-0.25, -0.2) is 4.98 Å². The first-order valence-corrected chi connectivity index (χ1v) is 7.28. The molecule has 114 valence electrons. The first-order chi connectivity index (χ1) is 10.2. The quantitative estimate of drug-likeness (QED) is 0.667. The highest BCUT2D eigenvalue weighted by Gasteiger charge is 2.37. The molecule has 1 aromatic rings. The lowest BCUT2D eigenvalue weighted by Gasteiger charge is -2.44. The number of nitrogens with zero attached hydrogens (tertiary/aromatic N) is 4. The zero-order valence-electron chi connectivity index (χ0n) is 12.0. The number of rotatable bonds is 3. The van der Waals surface area contributed by atoms with Gasteiger partial charge in [-0.05, 0) is 12.8 Å². The Morgan fingerprint density at radius 2 is 2.29 bits per heavy atom. The maximum absolute atomic E-state index is 11.3. The molecule has 0 spiro atoms. The fourth-order valence-electron chi connectivity index (χ4n) is 3.19. The van der Waals surface area contributed by atoms with Gasteiger partial charge in [-0.3, -0.25) is 10.1 Å². The van der Waals surface area contributed by atoms with Gasteiger partial charge in [0.1, 0.15) is 6.20 Å². The third-order valence-corrected chi connectivity index (χ3v) is 4.17. The Hall–Kier alpha value is -1.96. The molecule has 8 nitrogen and oxygen atoms in total. The van der Waals surface area contributed by atoms with Crippen molar-refractivity contribution in [1.82, 2.24) is 9.97 Å². The van der Waals surface area contributed by atoms with Crippen molar-refractivity contribution in [2.75, 3.05) is 30.4 Å². The highest BCUT2D eigenvalue weighted by atomic mass is 16.6. The van der Waals surface area contributed by atoms with Crippen LogP contribution in [0.15, 0.2) is 6.20 Å². The van der Waals surface area contributed by atoms with Crippen LogP contribution < -0.4 is 10.2 Å². The molecular formula is C13H19N5O3. The SMILES string of the molecule is CNc1ncc([N+](=O)[O-])c(N2CCOC3CCCCC32)n1. The van der Waals surface area contributed by atoms with Crippen molar-refractivity contribution in [3.63, 3.8) is 0 Å². The third kappa shape index (κ3) is 2.63. The van der Waals surface area contributed by atoms with Crippen LogP contribution >= 0.6 is 0 Å². The van der Waals surface area contributed by atoms with Crippen molar-refractivity contribution in [3.05, 3.63) is 16.3 Å². The molecule has 1 saturated carbocycles. The van der Waals surface area contributed by atoms with Gasteiger partial charge in [0.15, 0.2) is 0 Å². The van der Waals surface area contributed by atoms with Crippen LogP contribution in [0.5, 0.6) is 0 Å². The number of aromatic nitrogens is 2. The number of fused-ring (bicyclic) bond motifs is 1. The van der Waals surface area contributed by atoms with E-state index in [1.54, 1.807) is 7.05 Å². The molecule has 0 bridgehead atoms. The summed E-state index contributed by atoms with van der Waals surface area (Å²) in [4.78, 5) is 21.2. The summed E-state index contributed by atoms with van der Waals surface area (Å²) in [6.45, 7) is 1.21. The summed E-state index contributed by atoms with van der Waals surface area (Å²) in [6, 6.07) is 0.172. The molecule has 0 amide bonds. The van der Waals surface area contributed by atoms with Gasteiger partial charge >= 0.3 is 5.69 Å². The van der Waals surface area contributed by atoms with E-state index in [0.29, 0.717) is 24.9 Å². The van der Waals surface area contributed by atoms with E-state index in [0.717, 1.165) is 25.7 Å². The maximum Gasteiger partial charge on any atom is 0.329 e. The molecule has 1 N–H and O–H groups in total. The fraction of sp³-hybridized carbons (Fsp3) is 0.692. The van der Waals surface area contributed by atoms with Crippen LogP contribution in [0.4, 0.5) is 17.5 Å². The summed E-state index contributed by atoms with van der Waals surface area (Å²) < 4.78 is 5.82. The van der Waals surface area contributed by atoms with Gasteiger partial charge in [0.05, 0.1) is 23.7 Å². The molecule has 21 heavy (non-hydrogen) atoms. The number of anilines is 2. The molecule has 2 aliphatic rings. The average molecular weight is 293 g/mol. The molecule has 1 saturated heterocycles. The van der Waals surface area contributed by atoms with E-state index in [4.69, 9.17) is 4.74 Å². The van der Waals surface area contributed by atoms with Crippen molar-refractivity contribution in [2.45, 2.75) is 37.8 Å². The zero-order valence-corrected chi connectivity index (χ0v) is 12.0. The molecule has 0 aromatic carbocycles. The van der Waals surface area contributed by atoms with Crippen molar-refractivity contribution < 1.29 is 9.66 Å². The minimum atomic E-state index is -0.415. The summed E-state index contributed by atoms with van der Waals surface area (Å²) >= 11 is 0. The average Bonchev–Trinajstić information content (AvgIpc) is 2.53. The van der Waals surface area contributed by atoms with E-state index in [1.807, 2.05) is 4.90 Å². The molecule has 2 heterocycles. The summed E-state index contributed by atoms with van der Waals surface area (Å²) in [5, 5.41) is 14.1. The fourth-order valence-corrected chi connectivity index (χ4v) is 3.19. The number of hydrogen-bond acceptors (Lipinski definition) is 7. The Bertz CT molecular complexity index is 537. The molecule has 2 atom stereocenters. The van der Waals surface area contributed by atoms with Crippen LogP contribution in [0.2, 0.25) is 0 Å². The van der Waals surface area contributed by atoms with E-state index in [9.17, 15) is 10.1 Å². The minimum Gasteiger partial charge on any atom is -0.374 e. The normalized spacial score (nSPS) is 25.3. The van der Waals surface area contributed by atoms with Crippen LogP contribution in [0.25, 0.3) is 0 Å². The minimum absolute atomic E-state index is 0.0415. The van der Waals surface area contributed by atoms with E-state index in [1.165, 1.54) is 6.20 Å². The van der Waals surface area contributed by atoms with E-state index in [-0.39, 0.29) is 17.8 Å². The van der Waals surface area contributed by atoms with Crippen molar-refractivity contribution >= 4 is 17.5 Å². The Balaban J connectivity index is 1.98. The lowest BCUT2D eigenvalue weighted by Crippen LogP contribution is -2.53. The van der Waals surface area contributed by atoms with Gasteiger partial charge in [-0.2, -0.15) is 4.98 Å². The molecule has 8 heteroatoms. The van der Waals surface area contributed by atoms with Gasteiger partial charge in [0.2, 0.25) is 11.8 Å². The third-order valence-electron chi connectivity index (χ3n) is 4.17. The van der Waals surface area contributed by atoms with Crippen LogP contribution in [0.3, 0.4) is 0 Å². The molecule has 2 fully saturated rings. The number of ether oxygens (including phenoxy) is 1. The molecule has 1 aromatic heterocycles. The second-order valence-corrected chi connectivity index (χ2v) is 5.36. The maximum atomic E-state index is 11.3. The van der Waals surface area contributed by atoms with Crippen LogP contribution in [0.1, 0.15) is 25.7 Å². The van der Waals surface area contributed by atoms with Crippen LogP contribution in [0, 0.1) is 10.1 Å². The van der Waals surface area contributed by atoms with Crippen LogP contribution in [-0.2, 0) is 4.74 Å². The first-order valence-electron chi connectivity index (χ1n) is 7.28. The smallest absolute Gasteiger partial charge is 0.329 e. The monoisotopic (exact) mass is 293 g/mol. The van der Waals surface area contributed by atoms with Crippen molar-refractivity contribution in [1.29, 1.82) is 0 Å². The lowest BCUT2D eigenvalue weighted by molar-refractivity contribution is -0.384. The number of hydrogen-bond donors (Lipinski definition) is 1. The Kier molecular flexibility index (Phi) is 3.87. The van der Waals surface area contributed by atoms with Gasteiger partial charge < -0.3 is 15.0 Å². The molecule has 2 unspecified atom stereocenters. The molecule has 0 radical (unpaired) electrons. The highest BCUT2D eigenvalue weighted by molar-refractivity contribution is 5.60. The highest BCUT2D eigenvalue weighted by Crippen LogP contribution is 2.35. The van der Waals surface area contributed by atoms with E-state index >= 15 is 0 Å². The number of nitro groups is 1. The van der Waals surface area contributed by atoms with Crippen molar-refractivity contribution in [2.24, 2.45) is 0 Å². The number of nitrogens with one attached hydrogen (secondary N) is 1. The number of morpholine rings is 1. The second kappa shape index (κ2) is 5.80. The van der Waals surface area contributed by atoms with Gasteiger partial charge in [-0.1, -0.05) is 12.8 Å². The Morgan fingerprint density at radius 1 is 1.48 bits per heavy atom. The first kappa shape index (κ1) is 14.0. The summed E-state index contributed by atoms with van der Waals surface area (Å²) in [6.07, 6.45) is 5.71.